The van der Waals surface area contributed by atoms with E-state index in [1.54, 1.807) is 30.3 Å². The molecule has 7 nitrogen and oxygen atoms in total. The Balaban J connectivity index is 1.84. The lowest BCUT2D eigenvalue weighted by molar-refractivity contribution is 0.0599. The van der Waals surface area contributed by atoms with E-state index in [1.807, 2.05) is 6.07 Å². The summed E-state index contributed by atoms with van der Waals surface area (Å²) >= 11 is 11.4. The number of carbonyl (C=O) groups is 3. The zero-order chi connectivity index (χ0) is 22.5. The molecule has 0 aliphatic carbocycles. The Morgan fingerprint density at radius 2 is 1.45 bits per heavy atom. The molecule has 0 saturated heterocycles. The molecule has 0 unspecified atom stereocenters. The number of halogens is 1. The van der Waals surface area contributed by atoms with Crippen LogP contribution in [0.15, 0.2) is 54.6 Å². The van der Waals surface area contributed by atoms with E-state index >= 15 is 0 Å². The second kappa shape index (κ2) is 9.55. The molecule has 0 spiro atoms. The van der Waals surface area contributed by atoms with E-state index in [2.05, 4.69) is 10.6 Å². The summed E-state index contributed by atoms with van der Waals surface area (Å²) in [6.07, 6.45) is 0. The smallest absolute Gasteiger partial charge is 0.337 e. The average Bonchev–Trinajstić information content (AvgIpc) is 2.77. The van der Waals surface area contributed by atoms with Crippen molar-refractivity contribution in [3.63, 3.8) is 0 Å². The highest BCUT2D eigenvalue weighted by Crippen LogP contribution is 2.26. The van der Waals surface area contributed by atoms with Crippen LogP contribution >= 0.6 is 23.8 Å². The molecular weight excluding hydrogens is 440 g/mol. The van der Waals surface area contributed by atoms with Crippen molar-refractivity contribution >= 4 is 63.2 Å². The minimum Gasteiger partial charge on any atom is -0.465 e. The Hall–Kier alpha value is -3.49. The molecule has 0 heterocycles. The van der Waals surface area contributed by atoms with Crippen LogP contribution in [0.2, 0.25) is 5.02 Å². The Morgan fingerprint density at radius 1 is 0.871 bits per heavy atom. The van der Waals surface area contributed by atoms with Crippen LogP contribution < -0.4 is 10.6 Å². The number of thiocarbonyl (C=S) groups is 1. The van der Waals surface area contributed by atoms with Gasteiger partial charge in [-0.3, -0.25) is 10.1 Å². The first-order chi connectivity index (χ1) is 14.8. The second-order valence-electron chi connectivity index (χ2n) is 6.33. The number of carbonyl (C=O) groups excluding carboxylic acids is 3. The number of nitrogens with one attached hydrogen (secondary N) is 2. The molecule has 3 rings (SSSR count). The summed E-state index contributed by atoms with van der Waals surface area (Å²) in [5.74, 6) is -1.73. The van der Waals surface area contributed by atoms with Gasteiger partial charge < -0.3 is 14.8 Å². The number of methoxy groups -OCH3 is 2. The van der Waals surface area contributed by atoms with Crippen LogP contribution in [0.1, 0.15) is 31.1 Å². The van der Waals surface area contributed by atoms with Gasteiger partial charge in [0.1, 0.15) is 0 Å². The van der Waals surface area contributed by atoms with Gasteiger partial charge in [0.2, 0.25) is 0 Å². The molecule has 158 valence electrons. The number of esters is 2. The first kappa shape index (κ1) is 22.2. The van der Waals surface area contributed by atoms with Gasteiger partial charge in [0.25, 0.3) is 5.91 Å². The van der Waals surface area contributed by atoms with Gasteiger partial charge in [-0.15, -0.1) is 0 Å². The minimum absolute atomic E-state index is 0.0261. The number of anilines is 1. The molecule has 3 aromatic rings. The summed E-state index contributed by atoms with van der Waals surface area (Å²) in [5, 5.41) is 7.31. The summed E-state index contributed by atoms with van der Waals surface area (Å²) < 4.78 is 9.41. The van der Waals surface area contributed by atoms with E-state index in [0.717, 1.165) is 5.39 Å². The molecule has 0 aromatic heterocycles. The zero-order valence-electron chi connectivity index (χ0n) is 16.5. The standard InChI is InChI=1S/C22H17ClN2O5S/c1-29-20(27)12-9-13(21(28)30-2)11-14(10-12)24-22(31)25-19(26)17-7-3-6-16-15(17)5-4-8-18(16)23/h3-11H,1-2H3,(H2,24,25,26,31). The Kier molecular flexibility index (Phi) is 6.84. The third-order valence-electron chi connectivity index (χ3n) is 4.37. The van der Waals surface area contributed by atoms with E-state index in [1.165, 1.54) is 32.4 Å². The van der Waals surface area contributed by atoms with Crippen LogP contribution in [0.25, 0.3) is 10.8 Å². The lowest BCUT2D eigenvalue weighted by Crippen LogP contribution is -2.34. The van der Waals surface area contributed by atoms with Crippen molar-refractivity contribution in [1.82, 2.24) is 5.32 Å². The molecular formula is C22H17ClN2O5S. The van der Waals surface area contributed by atoms with Crippen molar-refractivity contribution < 1.29 is 23.9 Å². The maximum atomic E-state index is 12.8. The molecule has 3 aromatic carbocycles. The number of fused-ring (bicyclic) bond motifs is 1. The Labute approximate surface area is 188 Å². The predicted octanol–water partition coefficient (Wildman–Crippen LogP) is 4.19. The van der Waals surface area contributed by atoms with Crippen molar-refractivity contribution in [1.29, 1.82) is 0 Å². The summed E-state index contributed by atoms with van der Waals surface area (Å²) in [7, 11) is 2.45. The van der Waals surface area contributed by atoms with Crippen LogP contribution in [0, 0.1) is 0 Å². The number of hydrogen-bond donors (Lipinski definition) is 2. The first-order valence-electron chi connectivity index (χ1n) is 8.95. The van der Waals surface area contributed by atoms with Crippen molar-refractivity contribution in [3.05, 3.63) is 76.3 Å². The van der Waals surface area contributed by atoms with Crippen LogP contribution in [0.3, 0.4) is 0 Å². The van der Waals surface area contributed by atoms with Crippen LogP contribution in [0.4, 0.5) is 5.69 Å². The number of benzene rings is 3. The van der Waals surface area contributed by atoms with Gasteiger partial charge in [-0.05, 0) is 47.9 Å². The largest absolute Gasteiger partial charge is 0.465 e. The molecule has 0 saturated carbocycles. The lowest BCUT2D eigenvalue weighted by Gasteiger charge is -2.13. The van der Waals surface area contributed by atoms with Crippen LogP contribution in [-0.4, -0.2) is 37.2 Å². The fourth-order valence-corrected chi connectivity index (χ4v) is 3.42. The molecule has 0 radical (unpaired) electrons. The number of ether oxygens (including phenoxy) is 2. The van der Waals surface area contributed by atoms with Crippen LogP contribution in [-0.2, 0) is 9.47 Å². The number of hydrogen-bond acceptors (Lipinski definition) is 6. The van der Waals surface area contributed by atoms with Crippen molar-refractivity contribution in [2.24, 2.45) is 0 Å². The van der Waals surface area contributed by atoms with Gasteiger partial charge in [0, 0.05) is 21.7 Å². The summed E-state index contributed by atoms with van der Waals surface area (Å²) in [5.41, 5.74) is 0.925. The maximum absolute atomic E-state index is 12.8. The van der Waals surface area contributed by atoms with E-state index < -0.39 is 17.8 Å². The summed E-state index contributed by atoms with van der Waals surface area (Å²) in [4.78, 5) is 36.6. The zero-order valence-corrected chi connectivity index (χ0v) is 18.1. The highest BCUT2D eigenvalue weighted by atomic mass is 35.5. The Bertz CT molecular complexity index is 1180. The number of amides is 1. The van der Waals surface area contributed by atoms with Gasteiger partial charge in [-0.25, -0.2) is 9.59 Å². The van der Waals surface area contributed by atoms with Gasteiger partial charge >= 0.3 is 11.9 Å². The molecule has 31 heavy (non-hydrogen) atoms. The van der Waals surface area contributed by atoms with E-state index in [9.17, 15) is 14.4 Å². The molecule has 0 bridgehead atoms. The van der Waals surface area contributed by atoms with Crippen molar-refractivity contribution in [2.75, 3.05) is 19.5 Å². The monoisotopic (exact) mass is 456 g/mol. The molecule has 0 aliphatic heterocycles. The van der Waals surface area contributed by atoms with Gasteiger partial charge in [0.05, 0.1) is 25.3 Å². The maximum Gasteiger partial charge on any atom is 0.337 e. The third-order valence-corrected chi connectivity index (χ3v) is 4.91. The summed E-state index contributed by atoms with van der Waals surface area (Å²) in [6.45, 7) is 0. The SMILES string of the molecule is COC(=O)c1cc(NC(=S)NC(=O)c2cccc3c(Cl)cccc23)cc(C(=O)OC)c1. The van der Waals surface area contributed by atoms with Gasteiger partial charge in [0.15, 0.2) is 5.11 Å². The lowest BCUT2D eigenvalue weighted by atomic mass is 10.0. The number of rotatable bonds is 4. The normalized spacial score (nSPS) is 10.3. The van der Waals surface area contributed by atoms with Crippen LogP contribution in [0.5, 0.6) is 0 Å². The van der Waals surface area contributed by atoms with Crippen molar-refractivity contribution in [3.8, 4) is 0 Å². The predicted molar refractivity (Wildman–Crippen MR) is 122 cm³/mol. The van der Waals surface area contributed by atoms with Gasteiger partial charge in [-0.1, -0.05) is 35.9 Å². The van der Waals surface area contributed by atoms with E-state index in [0.29, 0.717) is 21.7 Å². The molecule has 1 amide bonds. The summed E-state index contributed by atoms with van der Waals surface area (Å²) in [6, 6.07) is 14.7. The van der Waals surface area contributed by atoms with Crippen molar-refractivity contribution in [2.45, 2.75) is 0 Å². The highest BCUT2D eigenvalue weighted by Gasteiger charge is 2.16. The van der Waals surface area contributed by atoms with Gasteiger partial charge in [-0.2, -0.15) is 0 Å². The fourth-order valence-electron chi connectivity index (χ4n) is 2.97. The van der Waals surface area contributed by atoms with E-state index in [4.69, 9.17) is 33.3 Å². The Morgan fingerprint density at radius 3 is 2.06 bits per heavy atom. The molecule has 0 aliphatic rings. The first-order valence-corrected chi connectivity index (χ1v) is 9.74. The molecule has 9 heteroatoms. The highest BCUT2D eigenvalue weighted by molar-refractivity contribution is 7.80. The quantitative estimate of drug-likeness (QED) is 0.449. The third kappa shape index (κ3) is 4.99. The molecule has 0 fully saturated rings. The molecule has 0 atom stereocenters. The van der Waals surface area contributed by atoms with E-state index in [-0.39, 0.29) is 16.2 Å². The average molecular weight is 457 g/mol. The fraction of sp³-hybridized carbons (Fsp3) is 0.0909. The minimum atomic E-state index is -0.642. The topological polar surface area (TPSA) is 93.7 Å². The second-order valence-corrected chi connectivity index (χ2v) is 7.15. The molecule has 2 N–H and O–H groups in total.